The Morgan fingerprint density at radius 2 is 2.29 bits per heavy atom. The number of hydrogen-bond donors (Lipinski definition) is 0. The SMILES string of the molecule is C=CCCOc1nc(-c2cc(C(C)=O)ncc2Cl)cn2ncnc12. The van der Waals surface area contributed by atoms with Gasteiger partial charge in [-0.3, -0.25) is 9.78 Å². The number of halogens is 1. The molecular formula is C16H14ClN5O2. The highest BCUT2D eigenvalue weighted by molar-refractivity contribution is 6.33. The number of Topliss-reactive ketones (excluding diaryl/α,β-unsaturated/α-hetero) is 1. The molecule has 0 radical (unpaired) electrons. The number of ketones is 1. The Morgan fingerprint density at radius 1 is 1.46 bits per heavy atom. The lowest BCUT2D eigenvalue weighted by Crippen LogP contribution is -2.04. The largest absolute Gasteiger partial charge is 0.475 e. The lowest BCUT2D eigenvalue weighted by molar-refractivity contribution is 0.101. The number of rotatable bonds is 6. The number of fused-ring (bicyclic) bond motifs is 1. The fourth-order valence-corrected chi connectivity index (χ4v) is 2.29. The van der Waals surface area contributed by atoms with E-state index in [1.807, 2.05) is 0 Å². The van der Waals surface area contributed by atoms with Gasteiger partial charge in [0.2, 0.25) is 5.65 Å². The molecule has 0 aliphatic rings. The molecular weight excluding hydrogens is 330 g/mol. The number of ether oxygens (including phenoxy) is 1. The average molecular weight is 344 g/mol. The Balaban J connectivity index is 2.11. The van der Waals surface area contributed by atoms with Gasteiger partial charge in [0, 0.05) is 18.7 Å². The first-order chi connectivity index (χ1) is 11.6. The Hall–Kier alpha value is -2.80. The highest BCUT2D eigenvalue weighted by atomic mass is 35.5. The molecule has 0 aromatic carbocycles. The van der Waals surface area contributed by atoms with E-state index in [0.29, 0.717) is 46.5 Å². The molecule has 0 spiro atoms. The van der Waals surface area contributed by atoms with E-state index in [4.69, 9.17) is 16.3 Å². The molecule has 0 unspecified atom stereocenters. The predicted octanol–water partition coefficient (Wildman–Crippen LogP) is 3.00. The zero-order valence-electron chi connectivity index (χ0n) is 12.9. The second-order valence-electron chi connectivity index (χ2n) is 4.99. The molecule has 24 heavy (non-hydrogen) atoms. The van der Waals surface area contributed by atoms with Crippen LogP contribution < -0.4 is 4.74 Å². The highest BCUT2D eigenvalue weighted by Crippen LogP contribution is 2.29. The van der Waals surface area contributed by atoms with Gasteiger partial charge in [-0.05, 0) is 12.5 Å². The average Bonchev–Trinajstić information content (AvgIpc) is 3.03. The van der Waals surface area contributed by atoms with Crippen molar-refractivity contribution >= 4 is 23.0 Å². The van der Waals surface area contributed by atoms with Gasteiger partial charge >= 0.3 is 0 Å². The van der Waals surface area contributed by atoms with Gasteiger partial charge in [0.25, 0.3) is 5.88 Å². The van der Waals surface area contributed by atoms with Crippen LogP contribution in [0, 0.1) is 0 Å². The molecule has 0 bridgehead atoms. The number of nitrogens with zero attached hydrogens (tertiary/aromatic N) is 5. The molecule has 7 nitrogen and oxygen atoms in total. The van der Waals surface area contributed by atoms with Crippen LogP contribution in [0.1, 0.15) is 23.8 Å². The molecule has 8 heteroatoms. The fraction of sp³-hybridized carbons (Fsp3) is 0.188. The smallest absolute Gasteiger partial charge is 0.260 e. The summed E-state index contributed by atoms with van der Waals surface area (Å²) >= 11 is 6.23. The first-order valence-electron chi connectivity index (χ1n) is 7.21. The molecule has 0 N–H and O–H groups in total. The monoisotopic (exact) mass is 343 g/mol. The summed E-state index contributed by atoms with van der Waals surface area (Å²) in [6.07, 6.45) is 6.95. The van der Waals surface area contributed by atoms with Crippen LogP contribution in [0.5, 0.6) is 5.88 Å². The van der Waals surface area contributed by atoms with E-state index in [9.17, 15) is 4.79 Å². The van der Waals surface area contributed by atoms with E-state index < -0.39 is 0 Å². The number of carbonyl (C=O) groups excluding carboxylic acids is 1. The predicted molar refractivity (Wildman–Crippen MR) is 89.3 cm³/mol. The lowest BCUT2D eigenvalue weighted by Gasteiger charge is -2.09. The molecule has 0 aliphatic carbocycles. The van der Waals surface area contributed by atoms with Gasteiger partial charge in [-0.25, -0.2) is 14.5 Å². The van der Waals surface area contributed by atoms with Gasteiger partial charge in [0.1, 0.15) is 12.0 Å². The maximum absolute atomic E-state index is 11.6. The van der Waals surface area contributed by atoms with E-state index in [2.05, 4.69) is 26.6 Å². The zero-order valence-corrected chi connectivity index (χ0v) is 13.7. The van der Waals surface area contributed by atoms with Crippen molar-refractivity contribution in [1.82, 2.24) is 24.6 Å². The van der Waals surface area contributed by atoms with Gasteiger partial charge in [0.15, 0.2) is 5.78 Å². The molecule has 0 fully saturated rings. The first-order valence-corrected chi connectivity index (χ1v) is 7.59. The summed E-state index contributed by atoms with van der Waals surface area (Å²) in [5.74, 6) is 0.182. The number of pyridine rings is 1. The molecule has 122 valence electrons. The van der Waals surface area contributed by atoms with Crippen molar-refractivity contribution in [2.45, 2.75) is 13.3 Å². The number of aromatic nitrogens is 5. The Kier molecular flexibility index (Phi) is 4.52. The number of carbonyl (C=O) groups is 1. The minimum atomic E-state index is -0.155. The van der Waals surface area contributed by atoms with E-state index in [1.165, 1.54) is 19.4 Å². The molecule has 3 rings (SSSR count). The van der Waals surface area contributed by atoms with Crippen molar-refractivity contribution < 1.29 is 9.53 Å². The van der Waals surface area contributed by atoms with Crippen molar-refractivity contribution in [3.8, 4) is 17.1 Å². The van der Waals surface area contributed by atoms with Crippen LogP contribution in [0.15, 0.2) is 37.4 Å². The first kappa shape index (κ1) is 16.1. The summed E-state index contributed by atoms with van der Waals surface area (Å²) < 4.78 is 7.22. The summed E-state index contributed by atoms with van der Waals surface area (Å²) in [4.78, 5) is 24.2. The van der Waals surface area contributed by atoms with Crippen LogP contribution in [0.2, 0.25) is 5.02 Å². The fourth-order valence-electron chi connectivity index (χ4n) is 2.09. The van der Waals surface area contributed by atoms with Gasteiger partial charge in [-0.2, -0.15) is 5.10 Å². The van der Waals surface area contributed by atoms with E-state index >= 15 is 0 Å². The van der Waals surface area contributed by atoms with Crippen LogP contribution in [0.25, 0.3) is 16.9 Å². The summed E-state index contributed by atoms with van der Waals surface area (Å²) in [7, 11) is 0. The third-order valence-corrected chi connectivity index (χ3v) is 3.58. The van der Waals surface area contributed by atoms with Gasteiger partial charge in [0.05, 0.1) is 23.5 Å². The summed E-state index contributed by atoms with van der Waals surface area (Å²) in [6, 6.07) is 1.60. The Labute approximate surface area is 143 Å². The van der Waals surface area contributed by atoms with E-state index in [1.54, 1.807) is 22.9 Å². The normalized spacial score (nSPS) is 10.8. The second-order valence-corrected chi connectivity index (χ2v) is 5.40. The van der Waals surface area contributed by atoms with Crippen LogP contribution in [0.3, 0.4) is 0 Å². The van der Waals surface area contributed by atoms with Crippen molar-refractivity contribution in [3.63, 3.8) is 0 Å². The van der Waals surface area contributed by atoms with Crippen LogP contribution in [-0.4, -0.2) is 37.0 Å². The topological polar surface area (TPSA) is 82.3 Å². The Bertz CT molecular complexity index is 922. The standard InChI is InChI=1S/C16H14ClN5O2/c1-3-4-5-24-16-15-19-9-20-22(15)8-14(21-16)11-6-13(10(2)23)18-7-12(11)17/h3,6-9H,1,4-5H2,2H3. The van der Waals surface area contributed by atoms with Crippen LogP contribution >= 0.6 is 11.6 Å². The van der Waals surface area contributed by atoms with Gasteiger partial charge in [-0.15, -0.1) is 6.58 Å². The molecule has 0 atom stereocenters. The van der Waals surface area contributed by atoms with E-state index in [-0.39, 0.29) is 5.78 Å². The molecule has 0 saturated heterocycles. The second kappa shape index (κ2) is 6.76. The molecule has 0 aliphatic heterocycles. The summed E-state index contributed by atoms with van der Waals surface area (Å²) in [6.45, 7) is 5.52. The minimum absolute atomic E-state index is 0.155. The maximum Gasteiger partial charge on any atom is 0.260 e. The van der Waals surface area contributed by atoms with Crippen molar-refractivity contribution in [2.75, 3.05) is 6.61 Å². The van der Waals surface area contributed by atoms with Crippen LogP contribution in [-0.2, 0) is 0 Å². The van der Waals surface area contributed by atoms with Crippen LogP contribution in [0.4, 0.5) is 0 Å². The Morgan fingerprint density at radius 3 is 3.04 bits per heavy atom. The van der Waals surface area contributed by atoms with Crippen molar-refractivity contribution in [2.24, 2.45) is 0 Å². The maximum atomic E-state index is 11.6. The summed E-state index contributed by atoms with van der Waals surface area (Å²) in [5, 5.41) is 4.50. The quantitative estimate of drug-likeness (QED) is 0.389. The van der Waals surface area contributed by atoms with Gasteiger partial charge in [-0.1, -0.05) is 17.7 Å². The molecule has 0 saturated carbocycles. The molecule has 3 aromatic heterocycles. The van der Waals surface area contributed by atoms with E-state index in [0.717, 1.165) is 0 Å². The molecule has 0 amide bonds. The highest BCUT2D eigenvalue weighted by Gasteiger charge is 2.15. The molecule has 3 heterocycles. The summed E-state index contributed by atoms with van der Waals surface area (Å²) in [5.41, 5.74) is 1.89. The van der Waals surface area contributed by atoms with Gasteiger partial charge < -0.3 is 4.74 Å². The van der Waals surface area contributed by atoms with Crippen molar-refractivity contribution in [3.05, 3.63) is 48.2 Å². The molecule has 3 aromatic rings. The minimum Gasteiger partial charge on any atom is -0.475 e. The third kappa shape index (κ3) is 3.11. The third-order valence-electron chi connectivity index (χ3n) is 3.28. The zero-order chi connectivity index (χ0) is 17.1. The van der Waals surface area contributed by atoms with Crippen molar-refractivity contribution in [1.29, 1.82) is 0 Å². The lowest BCUT2D eigenvalue weighted by atomic mass is 10.1. The number of hydrogen-bond acceptors (Lipinski definition) is 6.